The fraction of sp³-hybridized carbons (Fsp3) is 0.818. The number of hydrogen-bond donors (Lipinski definition) is 1. The van der Waals surface area contributed by atoms with Gasteiger partial charge in [-0.15, -0.1) is 0 Å². The van der Waals surface area contributed by atoms with Crippen LogP contribution < -0.4 is 0 Å². The van der Waals surface area contributed by atoms with Crippen LogP contribution in [0.1, 0.15) is 33.6 Å². The van der Waals surface area contributed by atoms with E-state index in [-0.39, 0.29) is 5.91 Å². The molecule has 1 unspecified atom stereocenters. The van der Waals surface area contributed by atoms with Gasteiger partial charge in [-0.25, -0.2) is 4.79 Å². The number of carbonyl (C=O) groups is 2. The second kappa shape index (κ2) is 8.44. The molecule has 5 heteroatoms. The molecule has 16 heavy (non-hydrogen) atoms. The number of carboxylic acids is 1. The predicted molar refractivity (Wildman–Crippen MR) is 66.7 cm³/mol. The Morgan fingerprint density at radius 3 is 2.38 bits per heavy atom. The minimum atomic E-state index is -0.902. The van der Waals surface area contributed by atoms with Gasteiger partial charge in [0, 0.05) is 13.5 Å². The smallest absolute Gasteiger partial charge is 0.326 e. The van der Waals surface area contributed by atoms with Gasteiger partial charge in [-0.05, 0) is 24.3 Å². The van der Waals surface area contributed by atoms with Crippen LogP contribution in [0.4, 0.5) is 0 Å². The molecule has 4 nitrogen and oxygen atoms in total. The van der Waals surface area contributed by atoms with Crippen molar-refractivity contribution in [3.05, 3.63) is 0 Å². The van der Waals surface area contributed by atoms with Crippen LogP contribution in [0.15, 0.2) is 0 Å². The third kappa shape index (κ3) is 5.39. The average molecular weight is 247 g/mol. The van der Waals surface area contributed by atoms with E-state index in [4.69, 9.17) is 5.11 Å². The summed E-state index contributed by atoms with van der Waals surface area (Å²) in [5, 5.41) is 9.12. The molecule has 94 valence electrons. The van der Waals surface area contributed by atoms with E-state index in [2.05, 4.69) is 0 Å². The zero-order valence-electron chi connectivity index (χ0n) is 10.2. The molecule has 0 bridgehead atoms. The zero-order chi connectivity index (χ0) is 12.6. The summed E-state index contributed by atoms with van der Waals surface area (Å²) in [6.45, 7) is 5.92. The van der Waals surface area contributed by atoms with Crippen molar-refractivity contribution in [1.29, 1.82) is 0 Å². The molecule has 0 saturated heterocycles. The van der Waals surface area contributed by atoms with Gasteiger partial charge in [0.15, 0.2) is 0 Å². The van der Waals surface area contributed by atoms with Gasteiger partial charge in [-0.1, -0.05) is 13.8 Å². The normalized spacial score (nSPS) is 12.2. The number of hydrogen-bond acceptors (Lipinski definition) is 3. The maximum absolute atomic E-state index is 11.4. The molecule has 0 aromatic rings. The molecule has 0 spiro atoms. The van der Waals surface area contributed by atoms with E-state index in [9.17, 15) is 9.59 Å². The quantitative estimate of drug-likeness (QED) is 0.665. The van der Waals surface area contributed by atoms with Crippen molar-refractivity contribution in [3.8, 4) is 0 Å². The van der Waals surface area contributed by atoms with Crippen LogP contribution in [0, 0.1) is 0 Å². The van der Waals surface area contributed by atoms with E-state index < -0.39 is 12.0 Å². The molecular weight excluding hydrogens is 226 g/mol. The van der Waals surface area contributed by atoms with Gasteiger partial charge in [0.1, 0.15) is 6.04 Å². The SMILES string of the molecule is CCCN(C(C)=O)C(CCSCC)C(=O)O. The van der Waals surface area contributed by atoms with Gasteiger partial charge in [0.2, 0.25) is 5.91 Å². The second-order valence-corrected chi connectivity index (χ2v) is 4.95. The van der Waals surface area contributed by atoms with Crippen LogP contribution in [0.2, 0.25) is 0 Å². The number of nitrogens with zero attached hydrogens (tertiary/aromatic N) is 1. The molecule has 0 aliphatic carbocycles. The number of thioether (sulfide) groups is 1. The summed E-state index contributed by atoms with van der Waals surface area (Å²) in [5.41, 5.74) is 0. The van der Waals surface area contributed by atoms with Crippen LogP contribution in [-0.2, 0) is 9.59 Å². The maximum atomic E-state index is 11.4. The molecule has 0 heterocycles. The standard InChI is InChI=1S/C11H21NO3S/c1-4-7-12(9(3)13)10(11(14)15)6-8-16-5-2/h10H,4-8H2,1-3H3,(H,14,15). The Kier molecular flexibility index (Phi) is 8.07. The Bertz CT molecular complexity index is 233. The van der Waals surface area contributed by atoms with Crippen LogP contribution in [0.25, 0.3) is 0 Å². The lowest BCUT2D eigenvalue weighted by molar-refractivity contribution is -0.149. The predicted octanol–water partition coefficient (Wildman–Crippen LogP) is 1.84. The minimum absolute atomic E-state index is 0.157. The molecule has 1 atom stereocenters. The number of carboxylic acid groups (broad SMARTS) is 1. The first kappa shape index (κ1) is 15.3. The third-order valence-electron chi connectivity index (χ3n) is 2.27. The maximum Gasteiger partial charge on any atom is 0.326 e. The lowest BCUT2D eigenvalue weighted by atomic mass is 10.2. The number of amides is 1. The molecule has 0 aliphatic rings. The summed E-state index contributed by atoms with van der Waals surface area (Å²) in [6.07, 6.45) is 1.30. The zero-order valence-corrected chi connectivity index (χ0v) is 11.0. The van der Waals surface area contributed by atoms with Crippen molar-refractivity contribution in [2.75, 3.05) is 18.1 Å². The average Bonchev–Trinajstić information content (AvgIpc) is 2.21. The fourth-order valence-electron chi connectivity index (χ4n) is 1.53. The van der Waals surface area contributed by atoms with Crippen LogP contribution in [0.3, 0.4) is 0 Å². The first-order valence-electron chi connectivity index (χ1n) is 5.62. The lowest BCUT2D eigenvalue weighted by Crippen LogP contribution is -2.44. The third-order valence-corrected chi connectivity index (χ3v) is 3.20. The molecule has 0 fully saturated rings. The van der Waals surface area contributed by atoms with E-state index in [1.54, 1.807) is 11.8 Å². The van der Waals surface area contributed by atoms with Gasteiger partial charge in [-0.2, -0.15) is 11.8 Å². The van der Waals surface area contributed by atoms with E-state index in [1.807, 2.05) is 13.8 Å². The minimum Gasteiger partial charge on any atom is -0.480 e. The number of rotatable bonds is 8. The van der Waals surface area contributed by atoms with Crippen LogP contribution in [0.5, 0.6) is 0 Å². The topological polar surface area (TPSA) is 57.6 Å². The van der Waals surface area contributed by atoms with Crippen LogP contribution in [-0.4, -0.2) is 46.0 Å². The van der Waals surface area contributed by atoms with Gasteiger partial charge in [-0.3, -0.25) is 4.79 Å². The summed E-state index contributed by atoms with van der Waals surface area (Å²) < 4.78 is 0. The summed E-state index contributed by atoms with van der Waals surface area (Å²) in [5.74, 6) is 0.692. The molecule has 0 aliphatic heterocycles. The van der Waals surface area contributed by atoms with E-state index in [0.717, 1.165) is 17.9 Å². The van der Waals surface area contributed by atoms with Gasteiger partial charge >= 0.3 is 5.97 Å². The van der Waals surface area contributed by atoms with Gasteiger partial charge in [0.05, 0.1) is 0 Å². The van der Waals surface area contributed by atoms with Gasteiger partial charge in [0.25, 0.3) is 0 Å². The monoisotopic (exact) mass is 247 g/mol. The first-order chi connectivity index (χ1) is 7.54. The van der Waals surface area contributed by atoms with Crippen molar-refractivity contribution in [2.24, 2.45) is 0 Å². The fourth-order valence-corrected chi connectivity index (χ4v) is 2.20. The van der Waals surface area contributed by atoms with Crippen molar-refractivity contribution in [2.45, 2.75) is 39.7 Å². The Balaban J connectivity index is 4.45. The molecule has 0 aromatic heterocycles. The Hall–Kier alpha value is -0.710. The van der Waals surface area contributed by atoms with E-state index >= 15 is 0 Å². The summed E-state index contributed by atoms with van der Waals surface area (Å²) in [4.78, 5) is 23.9. The summed E-state index contributed by atoms with van der Waals surface area (Å²) in [7, 11) is 0. The highest BCUT2D eigenvalue weighted by Gasteiger charge is 2.26. The highest BCUT2D eigenvalue weighted by atomic mass is 32.2. The van der Waals surface area contributed by atoms with Crippen molar-refractivity contribution in [3.63, 3.8) is 0 Å². The van der Waals surface area contributed by atoms with E-state index in [1.165, 1.54) is 11.8 Å². The summed E-state index contributed by atoms with van der Waals surface area (Å²) in [6, 6.07) is -0.670. The number of carbonyl (C=O) groups excluding carboxylic acids is 1. The Morgan fingerprint density at radius 1 is 1.38 bits per heavy atom. The molecule has 0 radical (unpaired) electrons. The molecule has 1 amide bonds. The molecular formula is C11H21NO3S. The number of aliphatic carboxylic acids is 1. The summed E-state index contributed by atoms with van der Waals surface area (Å²) >= 11 is 1.70. The van der Waals surface area contributed by atoms with E-state index in [0.29, 0.717) is 13.0 Å². The molecule has 0 saturated carbocycles. The highest BCUT2D eigenvalue weighted by molar-refractivity contribution is 7.99. The Labute approximate surface area is 101 Å². The van der Waals surface area contributed by atoms with Crippen molar-refractivity contribution in [1.82, 2.24) is 4.90 Å². The molecule has 0 rings (SSSR count). The van der Waals surface area contributed by atoms with Gasteiger partial charge < -0.3 is 10.0 Å². The van der Waals surface area contributed by atoms with Crippen molar-refractivity contribution < 1.29 is 14.7 Å². The highest BCUT2D eigenvalue weighted by Crippen LogP contribution is 2.11. The second-order valence-electron chi connectivity index (χ2n) is 3.55. The first-order valence-corrected chi connectivity index (χ1v) is 6.77. The lowest BCUT2D eigenvalue weighted by Gasteiger charge is -2.27. The Morgan fingerprint density at radius 2 is 2.00 bits per heavy atom. The molecule has 0 aromatic carbocycles. The van der Waals surface area contributed by atoms with Crippen molar-refractivity contribution >= 4 is 23.6 Å². The van der Waals surface area contributed by atoms with Crippen LogP contribution >= 0.6 is 11.8 Å². The molecule has 1 N–H and O–H groups in total. The largest absolute Gasteiger partial charge is 0.480 e.